The lowest BCUT2D eigenvalue weighted by Gasteiger charge is -2.43. The van der Waals surface area contributed by atoms with Crippen LogP contribution in [0.3, 0.4) is 0 Å². The van der Waals surface area contributed by atoms with Gasteiger partial charge < -0.3 is 10.1 Å². The number of rotatable bonds is 6. The lowest BCUT2D eigenvalue weighted by molar-refractivity contribution is -0.164. The molecule has 0 spiro atoms. The van der Waals surface area contributed by atoms with E-state index in [1.54, 1.807) is 11.6 Å². The molecule has 2 amide bonds. The van der Waals surface area contributed by atoms with Crippen molar-refractivity contribution < 1.29 is 14.3 Å². The van der Waals surface area contributed by atoms with Gasteiger partial charge in [-0.25, -0.2) is 9.78 Å². The molecule has 0 aliphatic rings. The minimum atomic E-state index is -0.603. The Labute approximate surface area is 154 Å². The third-order valence-corrected chi connectivity index (χ3v) is 4.95. The van der Waals surface area contributed by atoms with Gasteiger partial charge in [-0.2, -0.15) is 0 Å². The van der Waals surface area contributed by atoms with E-state index < -0.39 is 5.41 Å². The van der Waals surface area contributed by atoms with E-state index in [-0.39, 0.29) is 36.0 Å². The molecular weight excluding hydrogens is 338 g/mol. The molecule has 0 fully saturated rings. The number of carbonyl (C=O) groups is 2. The monoisotopic (exact) mass is 369 g/mol. The zero-order valence-corrected chi connectivity index (χ0v) is 17.2. The van der Waals surface area contributed by atoms with E-state index in [0.29, 0.717) is 5.13 Å². The normalized spacial score (nSPS) is 14.5. The number of carbonyl (C=O) groups excluding carboxylic acids is 2. The highest BCUT2D eigenvalue weighted by Crippen LogP contribution is 2.47. The van der Waals surface area contributed by atoms with Crippen LogP contribution in [0.2, 0.25) is 0 Å². The highest BCUT2D eigenvalue weighted by molar-refractivity contribution is 7.13. The number of urea groups is 1. The summed E-state index contributed by atoms with van der Waals surface area (Å²) in [7, 11) is 0. The van der Waals surface area contributed by atoms with E-state index in [9.17, 15) is 9.59 Å². The summed E-state index contributed by atoms with van der Waals surface area (Å²) in [5.41, 5.74) is -0.825. The van der Waals surface area contributed by atoms with Crippen molar-refractivity contribution in [3.63, 3.8) is 0 Å². The molecule has 1 rings (SSSR count). The minimum absolute atomic E-state index is 0.00684. The number of hydrogen-bond donors (Lipinski definition) is 2. The Balaban J connectivity index is 2.51. The van der Waals surface area contributed by atoms with Crippen LogP contribution in [0.15, 0.2) is 11.6 Å². The summed E-state index contributed by atoms with van der Waals surface area (Å²) in [5.74, 6) is -0.225. The van der Waals surface area contributed by atoms with Crippen LogP contribution >= 0.6 is 11.3 Å². The third-order valence-electron chi connectivity index (χ3n) is 4.26. The maximum absolute atomic E-state index is 12.7. The summed E-state index contributed by atoms with van der Waals surface area (Å²) < 4.78 is 5.47. The fraction of sp³-hybridized carbons (Fsp3) is 0.722. The highest BCUT2D eigenvalue weighted by atomic mass is 32.1. The van der Waals surface area contributed by atoms with Gasteiger partial charge in [0.15, 0.2) is 5.13 Å². The van der Waals surface area contributed by atoms with Crippen LogP contribution in [-0.2, 0) is 9.53 Å². The fourth-order valence-corrected chi connectivity index (χ4v) is 3.12. The summed E-state index contributed by atoms with van der Waals surface area (Å²) in [4.78, 5) is 28.4. The van der Waals surface area contributed by atoms with E-state index >= 15 is 0 Å². The minimum Gasteiger partial charge on any atom is -0.463 e. The topological polar surface area (TPSA) is 80.3 Å². The van der Waals surface area contributed by atoms with Gasteiger partial charge in [0.05, 0.1) is 12.0 Å². The van der Waals surface area contributed by atoms with Crippen molar-refractivity contribution in [3.05, 3.63) is 11.6 Å². The summed E-state index contributed by atoms with van der Waals surface area (Å²) in [6, 6.07) is -0.362. The van der Waals surface area contributed by atoms with Gasteiger partial charge in [0, 0.05) is 11.6 Å². The number of nitrogens with zero attached hydrogens (tertiary/aromatic N) is 1. The van der Waals surface area contributed by atoms with Gasteiger partial charge in [-0.15, -0.1) is 11.3 Å². The van der Waals surface area contributed by atoms with Crippen molar-refractivity contribution >= 4 is 28.5 Å². The largest absolute Gasteiger partial charge is 0.463 e. The first-order valence-corrected chi connectivity index (χ1v) is 9.35. The summed E-state index contributed by atoms with van der Waals surface area (Å²) >= 11 is 1.34. The SMILES string of the molecule is CC(C)(C)CC(C)(C(=O)OCCNC(=O)Nc1nccs1)C(C)(C)C. The predicted octanol–water partition coefficient (Wildman–Crippen LogP) is 4.30. The number of nitrogens with one attached hydrogen (secondary N) is 2. The molecule has 2 N–H and O–H groups in total. The van der Waals surface area contributed by atoms with Gasteiger partial charge in [-0.3, -0.25) is 10.1 Å². The molecule has 1 heterocycles. The zero-order valence-electron chi connectivity index (χ0n) is 16.4. The predicted molar refractivity (Wildman–Crippen MR) is 102 cm³/mol. The van der Waals surface area contributed by atoms with Crippen LogP contribution in [0, 0.1) is 16.2 Å². The Hall–Kier alpha value is -1.63. The molecule has 0 aliphatic carbocycles. The number of thiazole rings is 1. The van der Waals surface area contributed by atoms with E-state index in [1.807, 2.05) is 6.92 Å². The van der Waals surface area contributed by atoms with Gasteiger partial charge in [0.1, 0.15) is 6.61 Å². The van der Waals surface area contributed by atoms with Crippen molar-refractivity contribution in [2.45, 2.75) is 54.9 Å². The van der Waals surface area contributed by atoms with Gasteiger partial charge in [-0.05, 0) is 24.2 Å². The van der Waals surface area contributed by atoms with E-state index in [0.717, 1.165) is 6.42 Å². The zero-order chi connectivity index (χ0) is 19.3. The molecule has 0 radical (unpaired) electrons. The molecule has 0 aliphatic heterocycles. The lowest BCUT2D eigenvalue weighted by atomic mass is 9.61. The molecule has 0 saturated heterocycles. The third kappa shape index (κ3) is 6.65. The Morgan fingerprint density at radius 2 is 1.80 bits per heavy atom. The molecule has 142 valence electrons. The van der Waals surface area contributed by atoms with Gasteiger partial charge in [0.25, 0.3) is 0 Å². The first-order chi connectivity index (χ1) is 11.3. The van der Waals surface area contributed by atoms with Crippen molar-refractivity contribution in [3.8, 4) is 0 Å². The molecule has 1 aromatic heterocycles. The molecule has 0 aromatic carbocycles. The maximum Gasteiger partial charge on any atom is 0.321 e. The van der Waals surface area contributed by atoms with Crippen LogP contribution < -0.4 is 10.6 Å². The molecule has 1 aromatic rings. The van der Waals surface area contributed by atoms with Crippen LogP contribution in [0.25, 0.3) is 0 Å². The van der Waals surface area contributed by atoms with Gasteiger partial charge in [-0.1, -0.05) is 41.5 Å². The van der Waals surface area contributed by atoms with Crippen LogP contribution in [0.1, 0.15) is 54.9 Å². The first kappa shape index (κ1) is 21.4. The van der Waals surface area contributed by atoms with Crippen LogP contribution in [0.5, 0.6) is 0 Å². The first-order valence-electron chi connectivity index (χ1n) is 8.47. The second kappa shape index (κ2) is 8.17. The average Bonchev–Trinajstić information content (AvgIpc) is 2.92. The molecule has 0 bridgehead atoms. The summed E-state index contributed by atoms with van der Waals surface area (Å²) in [6.07, 6.45) is 2.34. The highest BCUT2D eigenvalue weighted by Gasteiger charge is 2.47. The standard InChI is InChI=1S/C18H31N3O3S/c1-16(2,3)12-18(7,17(4,5)6)13(22)24-10-8-19-14(23)21-15-20-9-11-25-15/h9,11H,8,10,12H2,1-7H3,(H2,19,20,21,23). The number of amides is 2. The molecule has 1 atom stereocenters. The second-order valence-corrected chi connectivity index (χ2v) is 9.57. The van der Waals surface area contributed by atoms with Gasteiger partial charge in [0.2, 0.25) is 0 Å². The maximum atomic E-state index is 12.7. The molecule has 25 heavy (non-hydrogen) atoms. The Morgan fingerprint density at radius 3 is 2.28 bits per heavy atom. The number of aromatic nitrogens is 1. The number of hydrogen-bond acceptors (Lipinski definition) is 5. The molecule has 1 unspecified atom stereocenters. The van der Waals surface area contributed by atoms with E-state index in [4.69, 9.17) is 4.74 Å². The van der Waals surface area contributed by atoms with Crippen molar-refractivity contribution in [2.75, 3.05) is 18.5 Å². The Bertz CT molecular complexity index is 573. The van der Waals surface area contributed by atoms with Crippen molar-refractivity contribution in [2.24, 2.45) is 16.2 Å². The number of ether oxygens (including phenoxy) is 1. The quantitative estimate of drug-likeness (QED) is 0.579. The van der Waals surface area contributed by atoms with Gasteiger partial charge >= 0.3 is 12.0 Å². The summed E-state index contributed by atoms with van der Waals surface area (Å²) in [5, 5.41) is 7.57. The Morgan fingerprint density at radius 1 is 1.16 bits per heavy atom. The Kier molecular flexibility index (Phi) is 6.99. The fourth-order valence-electron chi connectivity index (χ4n) is 2.60. The summed E-state index contributed by atoms with van der Waals surface area (Å²) in [6.45, 7) is 14.9. The molecule has 6 nitrogen and oxygen atoms in total. The van der Waals surface area contributed by atoms with Crippen molar-refractivity contribution in [1.82, 2.24) is 10.3 Å². The molecular formula is C18H31N3O3S. The van der Waals surface area contributed by atoms with Crippen LogP contribution in [-0.4, -0.2) is 30.1 Å². The second-order valence-electron chi connectivity index (χ2n) is 8.67. The lowest BCUT2D eigenvalue weighted by Crippen LogP contribution is -2.45. The smallest absolute Gasteiger partial charge is 0.321 e. The van der Waals surface area contributed by atoms with Crippen molar-refractivity contribution in [1.29, 1.82) is 0 Å². The number of anilines is 1. The molecule has 0 saturated carbocycles. The van der Waals surface area contributed by atoms with E-state index in [1.165, 1.54) is 11.3 Å². The average molecular weight is 370 g/mol. The van der Waals surface area contributed by atoms with E-state index in [2.05, 4.69) is 57.2 Å². The number of esters is 1. The van der Waals surface area contributed by atoms with Crippen LogP contribution in [0.4, 0.5) is 9.93 Å². The molecule has 7 heteroatoms.